The van der Waals surface area contributed by atoms with Crippen LogP contribution in [0.1, 0.15) is 20.9 Å². The lowest BCUT2D eigenvalue weighted by atomic mass is 10.2. The van der Waals surface area contributed by atoms with Crippen LogP contribution in [0.3, 0.4) is 0 Å². The average molecular weight is 322 g/mol. The molecular formula is C14H14N2O3S2. The van der Waals surface area contributed by atoms with E-state index in [0.29, 0.717) is 16.6 Å². The first-order valence-electron chi connectivity index (χ1n) is 6.20. The summed E-state index contributed by atoms with van der Waals surface area (Å²) in [5, 5.41) is 11.8. The van der Waals surface area contributed by atoms with Gasteiger partial charge in [0.2, 0.25) is 5.91 Å². The Morgan fingerprint density at radius 2 is 2.05 bits per heavy atom. The molecule has 0 aliphatic heterocycles. The van der Waals surface area contributed by atoms with Crippen molar-refractivity contribution in [3.8, 4) is 0 Å². The van der Waals surface area contributed by atoms with E-state index in [1.807, 2.05) is 30.3 Å². The molecule has 21 heavy (non-hydrogen) atoms. The molecule has 2 N–H and O–H groups in total. The molecule has 110 valence electrons. The third-order valence-electron chi connectivity index (χ3n) is 2.63. The van der Waals surface area contributed by atoms with E-state index in [-0.39, 0.29) is 16.5 Å². The Morgan fingerprint density at radius 3 is 2.67 bits per heavy atom. The van der Waals surface area contributed by atoms with E-state index < -0.39 is 5.97 Å². The monoisotopic (exact) mass is 322 g/mol. The van der Waals surface area contributed by atoms with E-state index in [2.05, 4.69) is 10.3 Å². The fourth-order valence-corrected chi connectivity index (χ4v) is 3.47. The van der Waals surface area contributed by atoms with Crippen molar-refractivity contribution in [2.24, 2.45) is 0 Å². The van der Waals surface area contributed by atoms with Crippen molar-refractivity contribution in [3.05, 3.63) is 46.5 Å². The first kappa shape index (κ1) is 15.5. The topological polar surface area (TPSA) is 79.3 Å². The molecule has 0 saturated heterocycles. The van der Waals surface area contributed by atoms with Crippen LogP contribution >= 0.6 is 23.1 Å². The highest BCUT2D eigenvalue weighted by Crippen LogP contribution is 2.26. The van der Waals surface area contributed by atoms with E-state index in [1.54, 1.807) is 6.92 Å². The van der Waals surface area contributed by atoms with Crippen molar-refractivity contribution in [1.29, 1.82) is 0 Å². The van der Waals surface area contributed by atoms with Gasteiger partial charge in [-0.1, -0.05) is 42.1 Å². The van der Waals surface area contributed by atoms with Crippen LogP contribution in [0.4, 0.5) is 0 Å². The second-order valence-corrected chi connectivity index (χ2v) is 6.47. The van der Waals surface area contributed by atoms with Gasteiger partial charge in [0.05, 0.1) is 11.4 Å². The lowest BCUT2D eigenvalue weighted by Gasteiger charge is -2.04. The Morgan fingerprint density at radius 1 is 1.33 bits per heavy atom. The van der Waals surface area contributed by atoms with E-state index in [9.17, 15) is 9.59 Å². The van der Waals surface area contributed by atoms with Gasteiger partial charge in [-0.2, -0.15) is 0 Å². The number of rotatable bonds is 6. The molecule has 5 nitrogen and oxygen atoms in total. The molecule has 0 spiro atoms. The molecule has 2 aromatic rings. The predicted octanol–water partition coefficient (Wildman–Crippen LogP) is 2.56. The van der Waals surface area contributed by atoms with Gasteiger partial charge in [0.25, 0.3) is 0 Å². The van der Waals surface area contributed by atoms with Gasteiger partial charge >= 0.3 is 5.97 Å². The number of hydrogen-bond donors (Lipinski definition) is 2. The van der Waals surface area contributed by atoms with Crippen LogP contribution in [-0.2, 0) is 11.3 Å². The summed E-state index contributed by atoms with van der Waals surface area (Å²) >= 11 is 2.34. The highest BCUT2D eigenvalue weighted by atomic mass is 32.2. The van der Waals surface area contributed by atoms with Crippen molar-refractivity contribution in [2.75, 3.05) is 5.75 Å². The number of carboxylic acids is 1. The van der Waals surface area contributed by atoms with Gasteiger partial charge < -0.3 is 10.4 Å². The summed E-state index contributed by atoms with van der Waals surface area (Å²) in [6.07, 6.45) is 0. The number of carbonyl (C=O) groups excluding carboxylic acids is 1. The fraction of sp³-hybridized carbons (Fsp3) is 0.214. The molecule has 0 atom stereocenters. The minimum absolute atomic E-state index is 0.103. The van der Waals surface area contributed by atoms with Crippen LogP contribution in [0, 0.1) is 6.92 Å². The maximum atomic E-state index is 11.7. The average Bonchev–Trinajstić information content (AvgIpc) is 2.85. The number of thioether (sulfide) groups is 1. The zero-order chi connectivity index (χ0) is 15.2. The van der Waals surface area contributed by atoms with Crippen LogP contribution < -0.4 is 5.32 Å². The van der Waals surface area contributed by atoms with Gasteiger partial charge in [-0.25, -0.2) is 9.78 Å². The molecular weight excluding hydrogens is 308 g/mol. The summed E-state index contributed by atoms with van der Waals surface area (Å²) in [6.45, 7) is 2.14. The van der Waals surface area contributed by atoms with E-state index >= 15 is 0 Å². The first-order chi connectivity index (χ1) is 10.1. The molecule has 7 heteroatoms. The summed E-state index contributed by atoms with van der Waals surface area (Å²) < 4.78 is 0.597. The van der Waals surface area contributed by atoms with Gasteiger partial charge in [0.1, 0.15) is 4.88 Å². The standard InChI is InChI=1S/C14H14N2O3S2/c1-9-12(13(18)19)21-14(16-9)20-8-11(17)15-7-10-5-3-2-4-6-10/h2-6H,7-8H2,1H3,(H,15,17)(H,18,19). The second kappa shape index (κ2) is 7.24. The molecule has 0 aliphatic carbocycles. The van der Waals surface area contributed by atoms with E-state index in [0.717, 1.165) is 16.9 Å². The molecule has 0 bridgehead atoms. The maximum Gasteiger partial charge on any atom is 0.347 e. The number of aromatic nitrogens is 1. The number of thiazole rings is 1. The Hall–Kier alpha value is -1.86. The minimum atomic E-state index is -0.981. The molecule has 1 amide bonds. The molecule has 0 aliphatic rings. The number of carboxylic acid groups (broad SMARTS) is 1. The summed E-state index contributed by atoms with van der Waals surface area (Å²) in [5.41, 5.74) is 1.52. The van der Waals surface area contributed by atoms with Crippen molar-refractivity contribution in [3.63, 3.8) is 0 Å². The molecule has 0 fully saturated rings. The summed E-state index contributed by atoms with van der Waals surface area (Å²) in [5.74, 6) is -0.863. The number of aryl methyl sites for hydroxylation is 1. The number of nitrogens with zero attached hydrogens (tertiary/aromatic N) is 1. The van der Waals surface area contributed by atoms with E-state index in [4.69, 9.17) is 5.11 Å². The predicted molar refractivity (Wildman–Crippen MR) is 82.8 cm³/mol. The SMILES string of the molecule is Cc1nc(SCC(=O)NCc2ccccc2)sc1C(=O)O. The number of benzene rings is 1. The highest BCUT2D eigenvalue weighted by molar-refractivity contribution is 8.01. The van der Waals surface area contributed by atoms with Crippen molar-refractivity contribution in [1.82, 2.24) is 10.3 Å². The van der Waals surface area contributed by atoms with Gasteiger partial charge in [0, 0.05) is 6.54 Å². The van der Waals surface area contributed by atoms with Gasteiger partial charge in [-0.3, -0.25) is 4.79 Å². The zero-order valence-corrected chi connectivity index (χ0v) is 13.0. The normalized spacial score (nSPS) is 10.3. The molecule has 0 radical (unpaired) electrons. The molecule has 0 saturated carbocycles. The third kappa shape index (κ3) is 4.57. The highest BCUT2D eigenvalue weighted by Gasteiger charge is 2.15. The van der Waals surface area contributed by atoms with Crippen molar-refractivity contribution < 1.29 is 14.7 Å². The molecule has 1 aromatic carbocycles. The summed E-state index contributed by atoms with van der Waals surface area (Å²) in [7, 11) is 0. The van der Waals surface area contributed by atoms with Gasteiger partial charge in [0.15, 0.2) is 4.34 Å². The zero-order valence-electron chi connectivity index (χ0n) is 11.3. The van der Waals surface area contributed by atoms with Crippen LogP contribution in [0.2, 0.25) is 0 Å². The van der Waals surface area contributed by atoms with Crippen LogP contribution in [0.25, 0.3) is 0 Å². The Balaban J connectivity index is 1.81. The van der Waals surface area contributed by atoms with E-state index in [1.165, 1.54) is 11.8 Å². The fourth-order valence-electron chi connectivity index (χ4n) is 1.61. The van der Waals surface area contributed by atoms with Gasteiger partial charge in [-0.15, -0.1) is 11.3 Å². The maximum absolute atomic E-state index is 11.7. The lowest BCUT2D eigenvalue weighted by molar-refractivity contribution is -0.118. The number of amides is 1. The molecule has 0 unspecified atom stereocenters. The molecule has 1 heterocycles. The Labute approximate surface area is 130 Å². The van der Waals surface area contributed by atoms with Crippen molar-refractivity contribution in [2.45, 2.75) is 17.8 Å². The van der Waals surface area contributed by atoms with Crippen LogP contribution in [-0.4, -0.2) is 27.7 Å². The summed E-state index contributed by atoms with van der Waals surface area (Å²) in [6, 6.07) is 9.64. The Bertz CT molecular complexity index is 641. The van der Waals surface area contributed by atoms with Crippen LogP contribution in [0.15, 0.2) is 34.7 Å². The Kier molecular flexibility index (Phi) is 5.35. The number of hydrogen-bond acceptors (Lipinski definition) is 5. The van der Waals surface area contributed by atoms with Crippen LogP contribution in [0.5, 0.6) is 0 Å². The quantitative estimate of drug-likeness (QED) is 0.799. The molecule has 1 aromatic heterocycles. The first-order valence-corrected chi connectivity index (χ1v) is 8.00. The number of carbonyl (C=O) groups is 2. The number of nitrogens with one attached hydrogen (secondary N) is 1. The lowest BCUT2D eigenvalue weighted by Crippen LogP contribution is -2.24. The third-order valence-corrected chi connectivity index (χ3v) is 4.92. The number of aromatic carboxylic acids is 1. The van der Waals surface area contributed by atoms with Gasteiger partial charge in [-0.05, 0) is 12.5 Å². The second-order valence-electron chi connectivity index (χ2n) is 4.25. The van der Waals surface area contributed by atoms with Crippen molar-refractivity contribution >= 4 is 35.0 Å². The summed E-state index contributed by atoms with van der Waals surface area (Å²) in [4.78, 5) is 27.0. The smallest absolute Gasteiger partial charge is 0.347 e. The molecule has 2 rings (SSSR count). The largest absolute Gasteiger partial charge is 0.477 e. The minimum Gasteiger partial charge on any atom is -0.477 e.